The zero-order valence-electron chi connectivity index (χ0n) is 20.0. The molecule has 0 amide bonds. The standard InChI is InChI=1S/C25H27F2N7O/c1-13(2)34-15(4)30-24-19(26)7-17(8-21(24)34)23-20(27)10-29-25(32-23)31-22-6-5-16(9-28-22)14(3)33-11-18(35)12-33/h5-10,13-14,18,35H,11-12H2,1-4H3,(H,28,29,31,32). The van der Waals surface area contributed by atoms with E-state index in [0.717, 1.165) is 11.8 Å². The first-order chi connectivity index (χ1) is 16.7. The van der Waals surface area contributed by atoms with Crippen LogP contribution in [-0.2, 0) is 0 Å². The molecule has 35 heavy (non-hydrogen) atoms. The molecule has 3 aromatic heterocycles. The van der Waals surface area contributed by atoms with Gasteiger partial charge in [-0.15, -0.1) is 0 Å². The van der Waals surface area contributed by atoms with E-state index in [1.165, 1.54) is 6.07 Å². The van der Waals surface area contributed by atoms with Gasteiger partial charge in [0.25, 0.3) is 0 Å². The number of nitrogens with one attached hydrogen (secondary N) is 1. The van der Waals surface area contributed by atoms with Gasteiger partial charge in [0.2, 0.25) is 5.95 Å². The Labute approximate surface area is 201 Å². The zero-order chi connectivity index (χ0) is 24.9. The fourth-order valence-corrected chi connectivity index (χ4v) is 4.54. The van der Waals surface area contributed by atoms with Gasteiger partial charge in [0, 0.05) is 36.9 Å². The zero-order valence-corrected chi connectivity index (χ0v) is 20.0. The van der Waals surface area contributed by atoms with Crippen LogP contribution in [0.25, 0.3) is 22.3 Å². The number of halogens is 2. The van der Waals surface area contributed by atoms with E-state index >= 15 is 0 Å². The van der Waals surface area contributed by atoms with Gasteiger partial charge in [-0.3, -0.25) is 4.90 Å². The summed E-state index contributed by atoms with van der Waals surface area (Å²) in [5, 5.41) is 12.5. The molecule has 4 heterocycles. The molecule has 0 radical (unpaired) electrons. The normalized spacial score (nSPS) is 15.5. The summed E-state index contributed by atoms with van der Waals surface area (Å²) >= 11 is 0. The molecule has 10 heteroatoms. The highest BCUT2D eigenvalue weighted by Gasteiger charge is 2.29. The first kappa shape index (κ1) is 23.3. The average Bonchev–Trinajstić information content (AvgIpc) is 3.15. The van der Waals surface area contributed by atoms with E-state index in [0.29, 0.717) is 35.8 Å². The monoisotopic (exact) mass is 479 g/mol. The van der Waals surface area contributed by atoms with Gasteiger partial charge in [-0.05, 0) is 51.5 Å². The number of likely N-dealkylation sites (tertiary alicyclic amines) is 1. The molecule has 2 N–H and O–H groups in total. The van der Waals surface area contributed by atoms with Crippen LogP contribution in [0, 0.1) is 18.6 Å². The highest BCUT2D eigenvalue weighted by atomic mass is 19.1. The fraction of sp³-hybridized carbons (Fsp3) is 0.360. The lowest BCUT2D eigenvalue weighted by atomic mass is 10.0. The molecule has 0 spiro atoms. The topological polar surface area (TPSA) is 92.0 Å². The number of aliphatic hydroxyl groups excluding tert-OH is 1. The van der Waals surface area contributed by atoms with Crippen LogP contribution in [0.1, 0.15) is 44.2 Å². The number of nitrogens with zero attached hydrogens (tertiary/aromatic N) is 6. The summed E-state index contributed by atoms with van der Waals surface area (Å²) in [5.74, 6) is 0.140. The SMILES string of the molecule is Cc1nc2c(F)cc(-c3nc(Nc4ccc(C(C)N5CC(O)C5)cn4)ncc3F)cc2n1C(C)C. The van der Waals surface area contributed by atoms with Crippen molar-refractivity contribution in [3.8, 4) is 11.3 Å². The van der Waals surface area contributed by atoms with Crippen molar-refractivity contribution in [3.63, 3.8) is 0 Å². The van der Waals surface area contributed by atoms with Gasteiger partial charge in [-0.25, -0.2) is 28.7 Å². The van der Waals surface area contributed by atoms with Gasteiger partial charge in [-0.1, -0.05) is 6.07 Å². The second-order valence-corrected chi connectivity index (χ2v) is 9.22. The molecule has 1 saturated heterocycles. The summed E-state index contributed by atoms with van der Waals surface area (Å²) < 4.78 is 31.5. The van der Waals surface area contributed by atoms with E-state index in [9.17, 15) is 13.9 Å². The maximum absolute atomic E-state index is 14.9. The molecule has 1 aliphatic rings. The van der Waals surface area contributed by atoms with Crippen molar-refractivity contribution >= 4 is 22.8 Å². The predicted molar refractivity (Wildman–Crippen MR) is 129 cm³/mol. The lowest BCUT2D eigenvalue weighted by molar-refractivity contribution is -0.0212. The van der Waals surface area contributed by atoms with Crippen LogP contribution in [0.2, 0.25) is 0 Å². The number of aromatic nitrogens is 5. The van der Waals surface area contributed by atoms with Crippen molar-refractivity contribution < 1.29 is 13.9 Å². The van der Waals surface area contributed by atoms with E-state index in [2.05, 4.69) is 37.1 Å². The lowest BCUT2D eigenvalue weighted by Gasteiger charge is -2.40. The Morgan fingerprint density at radius 3 is 2.46 bits per heavy atom. The third-order valence-electron chi connectivity index (χ3n) is 6.41. The number of β-amino-alcohol motifs (C(OH)–C–C–N with tert-alkyl or cyclic N) is 1. The predicted octanol–water partition coefficient (Wildman–Crippen LogP) is 4.54. The van der Waals surface area contributed by atoms with Gasteiger partial charge in [0.15, 0.2) is 11.6 Å². The number of aryl methyl sites for hydroxylation is 1. The Hall–Kier alpha value is -3.50. The number of hydrogen-bond acceptors (Lipinski definition) is 7. The van der Waals surface area contributed by atoms with Crippen LogP contribution in [0.3, 0.4) is 0 Å². The van der Waals surface area contributed by atoms with E-state index < -0.39 is 11.6 Å². The van der Waals surface area contributed by atoms with Crippen molar-refractivity contribution in [1.82, 2.24) is 29.4 Å². The number of imidazole rings is 1. The quantitative estimate of drug-likeness (QED) is 0.420. The maximum Gasteiger partial charge on any atom is 0.229 e. The molecule has 1 atom stereocenters. The van der Waals surface area contributed by atoms with Crippen LogP contribution in [0.5, 0.6) is 0 Å². The first-order valence-electron chi connectivity index (χ1n) is 11.6. The van der Waals surface area contributed by atoms with Gasteiger partial charge in [0.05, 0.1) is 17.8 Å². The second kappa shape index (κ2) is 8.94. The van der Waals surface area contributed by atoms with Crippen LogP contribution in [0.4, 0.5) is 20.5 Å². The van der Waals surface area contributed by atoms with E-state index in [1.54, 1.807) is 18.3 Å². The Morgan fingerprint density at radius 1 is 1.03 bits per heavy atom. The Balaban J connectivity index is 1.42. The van der Waals surface area contributed by atoms with Crippen LogP contribution in [0.15, 0.2) is 36.7 Å². The Morgan fingerprint density at radius 2 is 1.80 bits per heavy atom. The van der Waals surface area contributed by atoms with Crippen molar-refractivity contribution in [2.24, 2.45) is 0 Å². The number of anilines is 2. The van der Waals surface area contributed by atoms with Crippen molar-refractivity contribution in [2.45, 2.75) is 45.9 Å². The summed E-state index contributed by atoms with van der Waals surface area (Å²) in [4.78, 5) is 19.3. The van der Waals surface area contributed by atoms with Gasteiger partial charge in [-0.2, -0.15) is 0 Å². The van der Waals surface area contributed by atoms with E-state index in [1.807, 2.05) is 31.4 Å². The third-order valence-corrected chi connectivity index (χ3v) is 6.41. The van der Waals surface area contributed by atoms with Crippen molar-refractivity contribution in [2.75, 3.05) is 18.4 Å². The molecule has 4 aromatic rings. The van der Waals surface area contributed by atoms with E-state index in [-0.39, 0.29) is 35.3 Å². The van der Waals surface area contributed by atoms with Gasteiger partial charge < -0.3 is 15.0 Å². The number of rotatable bonds is 6. The van der Waals surface area contributed by atoms with Crippen molar-refractivity contribution in [3.05, 3.63) is 59.7 Å². The number of fused-ring (bicyclic) bond motifs is 1. The summed E-state index contributed by atoms with van der Waals surface area (Å²) in [6, 6.07) is 6.88. The number of benzene rings is 1. The van der Waals surface area contributed by atoms with Gasteiger partial charge >= 0.3 is 0 Å². The average molecular weight is 480 g/mol. The maximum atomic E-state index is 14.9. The Kier molecular flexibility index (Phi) is 5.94. The molecule has 0 saturated carbocycles. The number of pyridine rings is 1. The smallest absolute Gasteiger partial charge is 0.229 e. The van der Waals surface area contributed by atoms with Crippen LogP contribution >= 0.6 is 0 Å². The highest BCUT2D eigenvalue weighted by molar-refractivity contribution is 5.83. The van der Waals surface area contributed by atoms with Gasteiger partial charge in [0.1, 0.15) is 22.9 Å². The molecule has 182 valence electrons. The minimum absolute atomic E-state index is 0.0148. The molecule has 1 unspecified atom stereocenters. The first-order valence-corrected chi connectivity index (χ1v) is 11.6. The molecular formula is C25H27F2N7O. The highest BCUT2D eigenvalue weighted by Crippen LogP contribution is 2.31. The number of hydrogen-bond donors (Lipinski definition) is 2. The lowest BCUT2D eigenvalue weighted by Crippen LogP contribution is -2.51. The molecule has 1 fully saturated rings. The summed E-state index contributed by atoms with van der Waals surface area (Å²) in [7, 11) is 0. The summed E-state index contributed by atoms with van der Waals surface area (Å²) in [6.45, 7) is 9.15. The van der Waals surface area contributed by atoms with Crippen LogP contribution in [-0.4, -0.2) is 53.7 Å². The molecular weight excluding hydrogens is 452 g/mol. The second-order valence-electron chi connectivity index (χ2n) is 9.22. The fourth-order valence-electron chi connectivity index (χ4n) is 4.54. The van der Waals surface area contributed by atoms with E-state index in [4.69, 9.17) is 0 Å². The minimum Gasteiger partial charge on any atom is -0.390 e. The third kappa shape index (κ3) is 4.35. The molecule has 0 bridgehead atoms. The summed E-state index contributed by atoms with van der Waals surface area (Å²) in [5.41, 5.74) is 2.14. The molecule has 8 nitrogen and oxygen atoms in total. The molecule has 0 aliphatic carbocycles. The Bertz CT molecular complexity index is 1380. The number of aliphatic hydroxyl groups is 1. The largest absolute Gasteiger partial charge is 0.390 e. The minimum atomic E-state index is -0.657. The summed E-state index contributed by atoms with van der Waals surface area (Å²) in [6.07, 6.45) is 2.55. The van der Waals surface area contributed by atoms with Crippen molar-refractivity contribution in [1.29, 1.82) is 0 Å². The molecule has 1 aromatic carbocycles. The van der Waals surface area contributed by atoms with Crippen LogP contribution < -0.4 is 5.32 Å². The molecule has 5 rings (SSSR count). The molecule has 1 aliphatic heterocycles.